The van der Waals surface area contributed by atoms with E-state index in [0.29, 0.717) is 18.8 Å². The van der Waals surface area contributed by atoms with E-state index < -0.39 is 369 Å². The second kappa shape index (κ2) is 62.1. The van der Waals surface area contributed by atoms with Crippen molar-refractivity contribution in [3.05, 3.63) is 0 Å². The fraction of sp³-hybridized carbons (Fsp3) is 0.915. The van der Waals surface area contributed by atoms with Gasteiger partial charge in [-0.3, -0.25) is 24.0 Å². The van der Waals surface area contributed by atoms with Crippen LogP contribution >= 0.6 is 0 Å². The third kappa shape index (κ3) is 35.7. The average molecular weight is 2130 g/mol. The number of carbonyl (C=O) groups excluding carboxylic acids is 5. The Kier molecular flexibility index (Phi) is 54.2. The Labute approximate surface area is 851 Å². The van der Waals surface area contributed by atoms with Crippen molar-refractivity contribution in [1.29, 1.82) is 0 Å². The third-order valence-corrected chi connectivity index (χ3v) is 27.7. The molecule has 0 radical (unpaired) electrons. The van der Waals surface area contributed by atoms with Crippen LogP contribution in [0.2, 0.25) is 0 Å². The van der Waals surface area contributed by atoms with Gasteiger partial charge in [-0.1, -0.05) is 168 Å². The lowest BCUT2D eigenvalue weighted by Crippen LogP contribution is -2.73. The SMILES string of the molecule is CCCCCCCCCCCCCCCC(=O)NC(COC1OC(CO)C(OC2OC(CO)C(O)C(OC3OC(CO)C(O)C(OC4(C(=O)O)CC(O)C(NC(C)=O)C(C(O)C(CO)OC5OC(CO)C(OC6(C(=O)O)CC(O)C(NC(C)=O)C(C(O)C(O)CO)O6)C(OC6(C(=O)O)CC(O)C(NC(C)=O)C(C(O)C(O)CO)O6)C5O)O4)C3NC(C)=O)C2O)C(O)C1O)C(O)C(O)CCCCCCCCCCCCC(C)C. The van der Waals surface area contributed by atoms with Crippen LogP contribution in [0.5, 0.6) is 0 Å². The van der Waals surface area contributed by atoms with E-state index in [-0.39, 0.29) is 12.8 Å². The minimum atomic E-state index is -3.68. The first-order chi connectivity index (χ1) is 69.6. The summed E-state index contributed by atoms with van der Waals surface area (Å²) in [6.07, 6.45) is -56.4. The summed E-state index contributed by atoms with van der Waals surface area (Å²) in [5.41, 5.74) is 0. The van der Waals surface area contributed by atoms with Gasteiger partial charge in [0.05, 0.1) is 101 Å². The molecule has 147 heavy (non-hydrogen) atoms. The minimum Gasteiger partial charge on any atom is -0.477 e. The van der Waals surface area contributed by atoms with Crippen LogP contribution in [0, 0.1) is 5.92 Å². The summed E-state index contributed by atoms with van der Waals surface area (Å²) in [5.74, 6) is -22.0. The molecule has 53 heteroatoms. The Morgan fingerprint density at radius 1 is 0.361 bits per heavy atom. The molecule has 7 heterocycles. The topological polar surface area (TPSA) is 852 Å². The second-order valence-corrected chi connectivity index (χ2v) is 39.8. The molecule has 7 saturated heterocycles. The first-order valence-electron chi connectivity index (χ1n) is 51.1. The molecule has 0 bridgehead atoms. The molecule has 41 unspecified atom stereocenters. The van der Waals surface area contributed by atoms with Gasteiger partial charge in [-0.15, -0.1) is 0 Å². The molecule has 854 valence electrons. The standard InChI is InChI=1S/C94H165N5O48/c1-8-9-10-11-12-13-14-15-16-21-24-27-30-33-62(117)99-50(67(118)51(111)32-29-26-23-20-18-17-19-22-25-28-31-45(2)3)44-134-86-74(125)73(124)77(60(42-105)138-86)140-88-75(126)83(72(123)59(41-104)137-88)141-85-66(98-49(7)110)82(71(122)57(39-102)135-85)146-93(90(130)131)35-54(114)65(97-48(6)109)81(145-93)70(121)58(40-103)136-87-76(127)84(147-94(91(132)133)36-53(113)64(96-47(5)108)80(144-94)69(120)56(116)38-101)78(61(43-106)139-87)142-92(89(128)129)34-52(112)63(95-46(4)107)79(143-92)68(119)55(115)37-100/h45,50-61,63-88,100-106,111-116,118-127H,8-44H2,1-7H3,(H,95,107)(H,96,108)(H,97,109)(H,98,110)(H,99,117)(H,128,129)(H,130,131)(H,132,133). The molecule has 0 aliphatic carbocycles. The van der Waals surface area contributed by atoms with Crippen molar-refractivity contribution in [3.63, 3.8) is 0 Å². The van der Waals surface area contributed by atoms with Crippen molar-refractivity contribution in [2.45, 2.75) is 484 Å². The molecular formula is C94H165N5O48. The number of carboxylic acids is 3. The van der Waals surface area contributed by atoms with E-state index in [2.05, 4.69) is 47.4 Å². The maximum absolute atomic E-state index is 14.3. The maximum atomic E-state index is 14.3. The molecular weight excluding hydrogens is 1970 g/mol. The largest absolute Gasteiger partial charge is 0.477 e. The van der Waals surface area contributed by atoms with E-state index in [4.69, 9.17) is 66.3 Å². The molecule has 7 aliphatic rings. The zero-order valence-corrected chi connectivity index (χ0v) is 84.3. The lowest BCUT2D eigenvalue weighted by Gasteiger charge is -2.53. The van der Waals surface area contributed by atoms with Gasteiger partial charge in [-0.05, 0) is 18.8 Å². The molecule has 7 fully saturated rings. The highest BCUT2D eigenvalue weighted by molar-refractivity contribution is 5.79. The fourth-order valence-electron chi connectivity index (χ4n) is 19.6. The van der Waals surface area contributed by atoms with E-state index in [1.807, 2.05) is 0 Å². The van der Waals surface area contributed by atoms with Gasteiger partial charge in [0, 0.05) is 53.4 Å². The van der Waals surface area contributed by atoms with Crippen molar-refractivity contribution in [3.8, 4) is 0 Å². The second-order valence-electron chi connectivity index (χ2n) is 39.8. The van der Waals surface area contributed by atoms with E-state index in [9.17, 15) is 171 Å². The summed E-state index contributed by atoms with van der Waals surface area (Å²) in [4.78, 5) is 108. The summed E-state index contributed by atoms with van der Waals surface area (Å²) >= 11 is 0. The van der Waals surface area contributed by atoms with Gasteiger partial charge >= 0.3 is 17.9 Å². The van der Waals surface area contributed by atoms with Crippen molar-refractivity contribution in [2.75, 3.05) is 52.9 Å². The number of ether oxygens (including phenoxy) is 14. The number of hydrogen-bond acceptors (Lipinski definition) is 45. The maximum Gasteiger partial charge on any atom is 0.364 e. The summed E-state index contributed by atoms with van der Waals surface area (Å²) in [6.45, 7) is -0.109. The van der Waals surface area contributed by atoms with Crippen LogP contribution in [0.1, 0.15) is 235 Å². The molecule has 53 nitrogen and oxygen atoms in total. The number of aliphatic hydroxyl groups is 23. The number of carboxylic acid groups (broad SMARTS) is 3. The highest BCUT2D eigenvalue weighted by atomic mass is 16.8. The number of aliphatic carboxylic acids is 3. The van der Waals surface area contributed by atoms with Crippen LogP contribution in [0.4, 0.5) is 0 Å². The number of unbranched alkanes of at least 4 members (excludes halogenated alkanes) is 21. The highest BCUT2D eigenvalue weighted by Crippen LogP contribution is 2.46. The highest BCUT2D eigenvalue weighted by Gasteiger charge is 2.67. The lowest BCUT2D eigenvalue weighted by atomic mass is 9.87. The zero-order valence-electron chi connectivity index (χ0n) is 84.3. The molecule has 0 spiro atoms. The number of rotatable bonds is 65. The molecule has 0 aromatic carbocycles. The van der Waals surface area contributed by atoms with Crippen molar-refractivity contribution >= 4 is 47.4 Å². The van der Waals surface area contributed by atoms with E-state index in [1.54, 1.807) is 0 Å². The zero-order chi connectivity index (χ0) is 109. The van der Waals surface area contributed by atoms with Crippen molar-refractivity contribution in [2.24, 2.45) is 5.92 Å². The summed E-state index contributed by atoms with van der Waals surface area (Å²) in [6, 6.07) is -9.64. The predicted molar refractivity (Wildman–Crippen MR) is 498 cm³/mol. The molecule has 7 aliphatic heterocycles. The molecule has 31 N–H and O–H groups in total. The molecule has 0 aromatic heterocycles. The molecule has 5 amide bonds. The van der Waals surface area contributed by atoms with E-state index in [1.165, 1.54) is 64.2 Å². The Morgan fingerprint density at radius 2 is 0.714 bits per heavy atom. The third-order valence-electron chi connectivity index (χ3n) is 27.7. The van der Waals surface area contributed by atoms with Gasteiger partial charge in [0.1, 0.15) is 159 Å². The van der Waals surface area contributed by atoms with E-state index >= 15 is 0 Å². The van der Waals surface area contributed by atoms with Crippen LogP contribution in [0.3, 0.4) is 0 Å². The van der Waals surface area contributed by atoms with Gasteiger partial charge < -0.3 is 226 Å². The Bertz CT molecular complexity index is 3900. The average Bonchev–Trinajstić information content (AvgIpc) is 0.669. The number of hydrogen-bond donors (Lipinski definition) is 31. The van der Waals surface area contributed by atoms with Gasteiger partial charge in [0.15, 0.2) is 25.2 Å². The van der Waals surface area contributed by atoms with Gasteiger partial charge in [-0.25, -0.2) is 14.4 Å². The normalized spacial score (nSPS) is 35.7. The monoisotopic (exact) mass is 2130 g/mol. The van der Waals surface area contributed by atoms with Crippen LogP contribution in [0.15, 0.2) is 0 Å². The summed E-state index contributed by atoms with van der Waals surface area (Å²) in [7, 11) is 0. The lowest BCUT2D eigenvalue weighted by molar-refractivity contribution is -0.404. The quantitative estimate of drug-likeness (QED) is 0.0252. The molecule has 0 aromatic rings. The predicted octanol–water partition coefficient (Wildman–Crippen LogP) is -8.03. The van der Waals surface area contributed by atoms with Gasteiger partial charge in [-0.2, -0.15) is 0 Å². The fourth-order valence-corrected chi connectivity index (χ4v) is 19.6. The van der Waals surface area contributed by atoms with Crippen LogP contribution in [-0.2, 0) is 105 Å². The van der Waals surface area contributed by atoms with Crippen LogP contribution < -0.4 is 26.6 Å². The Balaban J connectivity index is 1.15. The molecule has 0 saturated carbocycles. The Hall–Kier alpha value is -5.72. The van der Waals surface area contributed by atoms with Crippen molar-refractivity contribution in [1.82, 2.24) is 26.6 Å². The summed E-state index contributed by atoms with van der Waals surface area (Å²) in [5, 5.41) is 309. The molecule has 7 rings (SSSR count). The number of carbonyl (C=O) groups is 8. The first-order valence-corrected chi connectivity index (χ1v) is 51.1. The van der Waals surface area contributed by atoms with Crippen LogP contribution in [-0.4, -0.2) is 483 Å². The Morgan fingerprint density at radius 3 is 1.12 bits per heavy atom. The van der Waals surface area contributed by atoms with Gasteiger partial charge in [0.25, 0.3) is 17.4 Å². The number of amides is 5. The molecule has 41 atom stereocenters. The van der Waals surface area contributed by atoms with E-state index in [0.717, 1.165) is 105 Å². The first kappa shape index (κ1) is 128. The number of nitrogens with one attached hydrogen (secondary N) is 5. The summed E-state index contributed by atoms with van der Waals surface area (Å²) < 4.78 is 83.6. The smallest absolute Gasteiger partial charge is 0.364 e. The number of aliphatic hydroxyl groups excluding tert-OH is 23. The van der Waals surface area contributed by atoms with Crippen molar-refractivity contribution < 1.29 is 237 Å². The minimum absolute atomic E-state index is 0.0433. The van der Waals surface area contributed by atoms with Crippen LogP contribution in [0.25, 0.3) is 0 Å². The van der Waals surface area contributed by atoms with Gasteiger partial charge in [0.2, 0.25) is 29.5 Å².